The molecule has 0 aliphatic heterocycles. The van der Waals surface area contributed by atoms with Gasteiger partial charge in [-0.1, -0.05) is 54.2 Å². The summed E-state index contributed by atoms with van der Waals surface area (Å²) in [4.78, 5) is 30.2. The molecule has 160 valence electrons. The van der Waals surface area contributed by atoms with Crippen molar-refractivity contribution in [3.63, 3.8) is 0 Å². The van der Waals surface area contributed by atoms with Crippen molar-refractivity contribution in [1.29, 1.82) is 0 Å². The number of fused-ring (bicyclic) bond motifs is 1. The second-order valence-electron chi connectivity index (χ2n) is 6.98. The predicted octanol–water partition coefficient (Wildman–Crippen LogP) is 4.08. The number of amides is 1. The van der Waals surface area contributed by atoms with Crippen LogP contribution >= 0.6 is 11.8 Å². The number of halogens is 1. The van der Waals surface area contributed by atoms with Gasteiger partial charge in [0.05, 0.1) is 28.6 Å². The van der Waals surface area contributed by atoms with Crippen molar-refractivity contribution in [3.05, 3.63) is 100 Å². The van der Waals surface area contributed by atoms with Crippen LogP contribution in [-0.2, 0) is 4.79 Å². The van der Waals surface area contributed by atoms with Crippen LogP contribution in [0.3, 0.4) is 0 Å². The monoisotopic (exact) mass is 446 g/mol. The lowest BCUT2D eigenvalue weighted by atomic mass is 10.2. The molecule has 0 bridgehead atoms. The zero-order valence-corrected chi connectivity index (χ0v) is 18.0. The van der Waals surface area contributed by atoms with Crippen LogP contribution in [-0.4, -0.2) is 27.4 Å². The Hall–Kier alpha value is -3.78. The molecule has 0 radical (unpaired) electrons. The van der Waals surface area contributed by atoms with Gasteiger partial charge in [-0.25, -0.2) is 14.8 Å². The largest absolute Gasteiger partial charge is 0.272 e. The molecule has 32 heavy (non-hydrogen) atoms. The summed E-state index contributed by atoms with van der Waals surface area (Å²) in [7, 11) is 0. The maximum atomic E-state index is 13.3. The molecule has 0 aliphatic rings. The highest BCUT2D eigenvalue weighted by molar-refractivity contribution is 7.99. The Kier molecular flexibility index (Phi) is 6.42. The van der Waals surface area contributed by atoms with E-state index in [4.69, 9.17) is 0 Å². The molecule has 1 heterocycles. The zero-order chi connectivity index (χ0) is 22.5. The zero-order valence-electron chi connectivity index (χ0n) is 17.2. The number of aromatic nitrogens is 2. The molecule has 6 nitrogen and oxygen atoms in total. The highest BCUT2D eigenvalue weighted by Crippen LogP contribution is 2.22. The van der Waals surface area contributed by atoms with E-state index in [-0.39, 0.29) is 23.0 Å². The van der Waals surface area contributed by atoms with Gasteiger partial charge in [0.2, 0.25) is 0 Å². The van der Waals surface area contributed by atoms with Crippen molar-refractivity contribution in [3.8, 4) is 5.69 Å². The maximum absolute atomic E-state index is 13.3. The number of carbonyl (C=O) groups is 1. The summed E-state index contributed by atoms with van der Waals surface area (Å²) < 4.78 is 14.8. The van der Waals surface area contributed by atoms with Crippen molar-refractivity contribution in [1.82, 2.24) is 15.0 Å². The average molecular weight is 447 g/mol. The van der Waals surface area contributed by atoms with Gasteiger partial charge < -0.3 is 0 Å². The van der Waals surface area contributed by atoms with Crippen LogP contribution in [0.1, 0.15) is 11.1 Å². The minimum atomic E-state index is -0.382. The molecular formula is C24H19FN4O2S. The lowest BCUT2D eigenvalue weighted by Gasteiger charge is -2.14. The highest BCUT2D eigenvalue weighted by atomic mass is 32.2. The molecular weight excluding hydrogens is 427 g/mol. The molecule has 4 rings (SSSR count). The number of aryl methyl sites for hydroxylation is 1. The Labute approximate surface area is 187 Å². The fourth-order valence-corrected chi connectivity index (χ4v) is 3.96. The number of thioether (sulfide) groups is 1. The van der Waals surface area contributed by atoms with Crippen molar-refractivity contribution in [2.24, 2.45) is 5.10 Å². The maximum Gasteiger partial charge on any atom is 0.266 e. The first-order valence-corrected chi connectivity index (χ1v) is 10.8. The van der Waals surface area contributed by atoms with Gasteiger partial charge in [0.25, 0.3) is 11.5 Å². The van der Waals surface area contributed by atoms with Gasteiger partial charge in [-0.15, -0.1) is 0 Å². The van der Waals surface area contributed by atoms with Crippen LogP contribution in [0.4, 0.5) is 4.39 Å². The molecule has 0 fully saturated rings. The SMILES string of the molecule is Cc1ccccc1-n1c(SCC(=O)N/N=C/c2cccc(F)c2)nc2ccccc2c1=O. The van der Waals surface area contributed by atoms with E-state index in [0.717, 1.165) is 17.3 Å². The van der Waals surface area contributed by atoms with Crippen molar-refractivity contribution < 1.29 is 9.18 Å². The number of nitrogens with one attached hydrogen (secondary N) is 1. The first kappa shape index (κ1) is 21.5. The number of benzene rings is 3. The van der Waals surface area contributed by atoms with Crippen molar-refractivity contribution in [2.75, 3.05) is 5.75 Å². The molecule has 0 aliphatic carbocycles. The van der Waals surface area contributed by atoms with Gasteiger partial charge in [-0.3, -0.25) is 14.2 Å². The summed E-state index contributed by atoms with van der Waals surface area (Å²) in [6.07, 6.45) is 1.36. The Morgan fingerprint density at radius 1 is 1.12 bits per heavy atom. The van der Waals surface area contributed by atoms with Crippen LogP contribution in [0.15, 0.2) is 87.8 Å². The fourth-order valence-electron chi connectivity index (χ4n) is 3.16. The molecule has 0 saturated carbocycles. The van der Waals surface area contributed by atoms with E-state index >= 15 is 0 Å². The number of nitrogens with zero attached hydrogens (tertiary/aromatic N) is 3. The van der Waals surface area contributed by atoms with Crippen LogP contribution < -0.4 is 11.0 Å². The van der Waals surface area contributed by atoms with Crippen molar-refractivity contribution >= 4 is 34.8 Å². The molecule has 0 spiro atoms. The molecule has 8 heteroatoms. The molecule has 1 aromatic heterocycles. The van der Waals surface area contributed by atoms with Crippen LogP contribution in [0.2, 0.25) is 0 Å². The lowest BCUT2D eigenvalue weighted by Crippen LogP contribution is -2.24. The van der Waals surface area contributed by atoms with E-state index in [9.17, 15) is 14.0 Å². The van der Waals surface area contributed by atoms with Gasteiger partial charge in [-0.05, 0) is 48.4 Å². The Morgan fingerprint density at radius 3 is 2.72 bits per heavy atom. The first-order chi connectivity index (χ1) is 15.5. The third-order valence-electron chi connectivity index (χ3n) is 4.69. The van der Waals surface area contributed by atoms with E-state index in [1.165, 1.54) is 22.9 Å². The van der Waals surface area contributed by atoms with Gasteiger partial charge in [0.1, 0.15) is 5.82 Å². The normalized spacial score (nSPS) is 11.2. The number of carbonyl (C=O) groups excluding carboxylic acids is 1. The predicted molar refractivity (Wildman–Crippen MR) is 125 cm³/mol. The van der Waals surface area contributed by atoms with E-state index < -0.39 is 0 Å². The second-order valence-corrected chi connectivity index (χ2v) is 7.92. The number of para-hydroxylation sites is 2. The molecule has 0 saturated heterocycles. The van der Waals surface area contributed by atoms with Gasteiger partial charge >= 0.3 is 0 Å². The number of hydrogen-bond acceptors (Lipinski definition) is 5. The van der Waals surface area contributed by atoms with Crippen LogP contribution in [0.25, 0.3) is 16.6 Å². The summed E-state index contributed by atoms with van der Waals surface area (Å²) in [5, 5.41) is 4.78. The van der Waals surface area contributed by atoms with E-state index in [0.29, 0.717) is 27.3 Å². The van der Waals surface area contributed by atoms with Gasteiger partial charge in [0, 0.05) is 0 Å². The van der Waals surface area contributed by atoms with E-state index in [1.807, 2.05) is 37.3 Å². The molecule has 0 unspecified atom stereocenters. The smallest absolute Gasteiger partial charge is 0.266 e. The standard InChI is InChI=1S/C24H19FN4O2S/c1-16-7-2-5-12-21(16)29-23(31)19-10-3-4-11-20(19)27-24(29)32-15-22(30)28-26-14-17-8-6-9-18(25)13-17/h2-14H,15H2,1H3,(H,28,30)/b26-14+. The van der Waals surface area contributed by atoms with Crippen LogP contribution in [0.5, 0.6) is 0 Å². The second kappa shape index (κ2) is 9.57. The minimum absolute atomic E-state index is 0.00283. The van der Waals surface area contributed by atoms with E-state index in [1.54, 1.807) is 30.3 Å². The molecule has 1 amide bonds. The summed E-state index contributed by atoms with van der Waals surface area (Å²) in [6.45, 7) is 1.92. The third-order valence-corrected chi connectivity index (χ3v) is 5.62. The topological polar surface area (TPSA) is 76.3 Å². The summed E-state index contributed by atoms with van der Waals surface area (Å²) in [5.41, 5.74) is 4.94. The van der Waals surface area contributed by atoms with Gasteiger partial charge in [0.15, 0.2) is 5.16 Å². The molecule has 1 N–H and O–H groups in total. The molecule has 3 aromatic carbocycles. The number of rotatable bonds is 6. The Bertz CT molecular complexity index is 1380. The lowest BCUT2D eigenvalue weighted by molar-refractivity contribution is -0.118. The Morgan fingerprint density at radius 2 is 1.91 bits per heavy atom. The van der Waals surface area contributed by atoms with Crippen LogP contribution in [0, 0.1) is 12.7 Å². The molecule has 0 atom stereocenters. The number of hydrazone groups is 1. The van der Waals surface area contributed by atoms with Gasteiger partial charge in [-0.2, -0.15) is 5.10 Å². The third kappa shape index (κ3) is 4.76. The summed E-state index contributed by atoms with van der Waals surface area (Å²) >= 11 is 1.14. The van der Waals surface area contributed by atoms with Crippen molar-refractivity contribution in [2.45, 2.75) is 12.1 Å². The quantitative estimate of drug-likeness (QED) is 0.210. The summed E-state index contributed by atoms with van der Waals surface area (Å²) in [5.74, 6) is -0.759. The Balaban J connectivity index is 1.58. The highest BCUT2D eigenvalue weighted by Gasteiger charge is 2.15. The first-order valence-electron chi connectivity index (χ1n) is 9.81. The fraction of sp³-hybridized carbons (Fsp3) is 0.0833. The minimum Gasteiger partial charge on any atom is -0.272 e. The average Bonchev–Trinajstić information content (AvgIpc) is 2.79. The van der Waals surface area contributed by atoms with E-state index in [2.05, 4.69) is 15.5 Å². The molecule has 4 aromatic rings. The summed E-state index contributed by atoms with van der Waals surface area (Å²) in [6, 6.07) is 20.5. The number of hydrogen-bond donors (Lipinski definition) is 1.